The van der Waals surface area contributed by atoms with Crippen LogP contribution in [0.3, 0.4) is 0 Å². The average Bonchev–Trinajstić information content (AvgIpc) is 2.87. The van der Waals surface area contributed by atoms with E-state index in [1.807, 2.05) is 45.0 Å². The number of nitrogens with two attached hydrogens (primary N) is 1. The summed E-state index contributed by atoms with van der Waals surface area (Å²) in [5, 5.41) is 3.97. The van der Waals surface area contributed by atoms with E-state index < -0.39 is 5.54 Å². The molecule has 6 heteroatoms. The van der Waals surface area contributed by atoms with Crippen LogP contribution in [0, 0.1) is 0 Å². The monoisotopic (exact) mass is 339 g/mol. The third kappa shape index (κ3) is 3.65. The Hall–Kier alpha value is -1.24. The molecule has 0 fully saturated rings. The number of rotatable bonds is 5. The van der Waals surface area contributed by atoms with Crippen LogP contribution in [-0.4, -0.2) is 22.9 Å². The molecule has 0 aliphatic carbocycles. The summed E-state index contributed by atoms with van der Waals surface area (Å²) in [6.45, 7) is 6.07. The molecular weight excluding hydrogens is 322 g/mol. The van der Waals surface area contributed by atoms with Crippen LogP contribution in [0.25, 0.3) is 11.5 Å². The predicted molar refractivity (Wildman–Crippen MR) is 80.1 cm³/mol. The van der Waals surface area contributed by atoms with Crippen molar-refractivity contribution in [2.24, 2.45) is 5.73 Å². The molecule has 0 amide bonds. The van der Waals surface area contributed by atoms with Gasteiger partial charge in [0.05, 0.1) is 12.7 Å². The summed E-state index contributed by atoms with van der Waals surface area (Å²) in [6.07, 6.45) is 0.106. The van der Waals surface area contributed by atoms with Crippen LogP contribution >= 0.6 is 15.9 Å². The lowest BCUT2D eigenvalue weighted by Crippen LogP contribution is -2.40. The number of benzene rings is 1. The first kappa shape index (κ1) is 15.2. The summed E-state index contributed by atoms with van der Waals surface area (Å²) in [5.41, 5.74) is 6.25. The number of aromatic nitrogens is 2. The van der Waals surface area contributed by atoms with Crippen molar-refractivity contribution in [2.45, 2.75) is 32.4 Å². The molecular formula is C14H18BrN3O2. The smallest absolute Gasteiger partial charge is 0.258 e. The van der Waals surface area contributed by atoms with Crippen molar-refractivity contribution in [1.29, 1.82) is 0 Å². The molecule has 1 aromatic carbocycles. The second-order valence-corrected chi connectivity index (χ2v) is 6.13. The summed E-state index contributed by atoms with van der Waals surface area (Å²) in [5.74, 6) is 0.885. The minimum Gasteiger partial charge on any atom is -0.376 e. The Balaban J connectivity index is 2.20. The van der Waals surface area contributed by atoms with Crippen molar-refractivity contribution in [3.8, 4) is 11.5 Å². The summed E-state index contributed by atoms with van der Waals surface area (Å²) in [4.78, 5) is 4.37. The van der Waals surface area contributed by atoms with Gasteiger partial charge in [0.25, 0.3) is 5.89 Å². The molecule has 0 aliphatic rings. The van der Waals surface area contributed by atoms with Gasteiger partial charge in [0.1, 0.15) is 5.54 Å². The number of halogens is 1. The molecule has 2 aromatic rings. The van der Waals surface area contributed by atoms with Crippen LogP contribution in [0.4, 0.5) is 0 Å². The van der Waals surface area contributed by atoms with Gasteiger partial charge in [-0.15, -0.1) is 0 Å². The van der Waals surface area contributed by atoms with Gasteiger partial charge in [-0.3, -0.25) is 0 Å². The number of hydrogen-bond acceptors (Lipinski definition) is 5. The van der Waals surface area contributed by atoms with Crippen LogP contribution in [-0.2, 0) is 10.3 Å². The van der Waals surface area contributed by atoms with Crippen LogP contribution < -0.4 is 5.73 Å². The molecule has 0 spiro atoms. The summed E-state index contributed by atoms with van der Waals surface area (Å²) >= 11 is 3.41. The molecule has 2 rings (SSSR count). The third-order valence-corrected chi connectivity index (χ3v) is 3.22. The van der Waals surface area contributed by atoms with Gasteiger partial charge in [-0.1, -0.05) is 27.2 Å². The standard InChI is InChI=1S/C14H18BrN3O2/c1-9(2)19-8-14(3,16)13-17-12(20-18-13)10-5-4-6-11(15)7-10/h4-7,9H,8,16H2,1-3H3. The SMILES string of the molecule is CC(C)OCC(C)(N)c1noc(-c2cccc(Br)c2)n1. The summed E-state index contributed by atoms with van der Waals surface area (Å²) < 4.78 is 11.8. The second kappa shape index (κ2) is 6.03. The van der Waals surface area contributed by atoms with E-state index in [-0.39, 0.29) is 6.10 Å². The van der Waals surface area contributed by atoms with Gasteiger partial charge in [-0.2, -0.15) is 4.98 Å². The lowest BCUT2D eigenvalue weighted by molar-refractivity contribution is 0.0410. The Morgan fingerprint density at radius 1 is 1.45 bits per heavy atom. The van der Waals surface area contributed by atoms with Crippen LogP contribution in [0.15, 0.2) is 33.3 Å². The number of nitrogens with zero attached hydrogens (tertiary/aromatic N) is 2. The fourth-order valence-corrected chi connectivity index (χ4v) is 2.00. The lowest BCUT2D eigenvalue weighted by Gasteiger charge is -2.21. The molecule has 0 saturated carbocycles. The van der Waals surface area contributed by atoms with Crippen molar-refractivity contribution >= 4 is 15.9 Å². The summed E-state index contributed by atoms with van der Waals surface area (Å²) in [6, 6.07) is 7.66. The number of hydrogen-bond donors (Lipinski definition) is 1. The highest BCUT2D eigenvalue weighted by atomic mass is 79.9. The van der Waals surface area contributed by atoms with Crippen molar-refractivity contribution in [3.05, 3.63) is 34.6 Å². The third-order valence-electron chi connectivity index (χ3n) is 2.72. The fourth-order valence-electron chi connectivity index (χ4n) is 1.60. The topological polar surface area (TPSA) is 74.2 Å². The molecule has 1 aromatic heterocycles. The molecule has 0 radical (unpaired) electrons. The molecule has 1 atom stereocenters. The van der Waals surface area contributed by atoms with E-state index >= 15 is 0 Å². The molecule has 5 nitrogen and oxygen atoms in total. The van der Waals surface area contributed by atoms with E-state index in [0.29, 0.717) is 18.3 Å². The minimum absolute atomic E-state index is 0.106. The highest BCUT2D eigenvalue weighted by Crippen LogP contribution is 2.24. The zero-order chi connectivity index (χ0) is 14.8. The molecule has 0 bridgehead atoms. The van der Waals surface area contributed by atoms with Gasteiger partial charge in [0.2, 0.25) is 0 Å². The Bertz CT molecular complexity index is 581. The average molecular weight is 340 g/mol. The van der Waals surface area contributed by atoms with Crippen LogP contribution in [0.2, 0.25) is 0 Å². The van der Waals surface area contributed by atoms with Crippen LogP contribution in [0.5, 0.6) is 0 Å². The Kier molecular flexibility index (Phi) is 4.57. The first-order valence-corrected chi connectivity index (χ1v) is 7.18. The number of ether oxygens (including phenoxy) is 1. The molecule has 2 N–H and O–H groups in total. The van der Waals surface area contributed by atoms with Gasteiger partial charge in [0.15, 0.2) is 5.82 Å². The molecule has 1 heterocycles. The van der Waals surface area contributed by atoms with E-state index in [1.54, 1.807) is 0 Å². The highest BCUT2D eigenvalue weighted by molar-refractivity contribution is 9.10. The second-order valence-electron chi connectivity index (χ2n) is 5.21. The maximum absolute atomic E-state index is 6.19. The van der Waals surface area contributed by atoms with Gasteiger partial charge >= 0.3 is 0 Å². The first-order chi connectivity index (χ1) is 9.38. The highest BCUT2D eigenvalue weighted by Gasteiger charge is 2.28. The maximum atomic E-state index is 6.19. The predicted octanol–water partition coefficient (Wildman–Crippen LogP) is 3.10. The normalized spacial score (nSPS) is 14.5. The van der Waals surface area contributed by atoms with Crippen molar-refractivity contribution < 1.29 is 9.26 Å². The molecule has 1 unspecified atom stereocenters. The Labute approximate surface area is 126 Å². The fraction of sp³-hybridized carbons (Fsp3) is 0.429. The molecule has 0 aliphatic heterocycles. The van der Waals surface area contributed by atoms with Crippen molar-refractivity contribution in [1.82, 2.24) is 10.1 Å². The zero-order valence-electron chi connectivity index (χ0n) is 11.8. The van der Waals surface area contributed by atoms with Gasteiger partial charge in [0, 0.05) is 10.0 Å². The molecule has 20 heavy (non-hydrogen) atoms. The van der Waals surface area contributed by atoms with Crippen molar-refractivity contribution in [3.63, 3.8) is 0 Å². The Morgan fingerprint density at radius 2 is 2.20 bits per heavy atom. The largest absolute Gasteiger partial charge is 0.376 e. The minimum atomic E-state index is -0.780. The van der Waals surface area contributed by atoms with Gasteiger partial charge in [-0.05, 0) is 39.0 Å². The van der Waals surface area contributed by atoms with Crippen LogP contribution in [0.1, 0.15) is 26.6 Å². The van der Waals surface area contributed by atoms with E-state index in [4.69, 9.17) is 15.0 Å². The van der Waals surface area contributed by atoms with E-state index in [0.717, 1.165) is 10.0 Å². The quantitative estimate of drug-likeness (QED) is 0.905. The van der Waals surface area contributed by atoms with E-state index in [2.05, 4.69) is 26.1 Å². The van der Waals surface area contributed by atoms with E-state index in [9.17, 15) is 0 Å². The van der Waals surface area contributed by atoms with E-state index in [1.165, 1.54) is 0 Å². The molecule has 108 valence electrons. The zero-order valence-corrected chi connectivity index (χ0v) is 13.3. The summed E-state index contributed by atoms with van der Waals surface area (Å²) in [7, 11) is 0. The maximum Gasteiger partial charge on any atom is 0.258 e. The lowest BCUT2D eigenvalue weighted by atomic mass is 10.1. The van der Waals surface area contributed by atoms with Gasteiger partial charge < -0.3 is 15.0 Å². The van der Waals surface area contributed by atoms with Gasteiger partial charge in [-0.25, -0.2) is 0 Å². The van der Waals surface area contributed by atoms with Crippen molar-refractivity contribution in [2.75, 3.05) is 6.61 Å². The first-order valence-electron chi connectivity index (χ1n) is 6.39. The molecule has 0 saturated heterocycles. The Morgan fingerprint density at radius 3 is 2.85 bits per heavy atom.